The molecule has 3 amide bonds. The first-order valence-electron chi connectivity index (χ1n) is 7.36. The van der Waals surface area contributed by atoms with E-state index in [-0.39, 0.29) is 18.7 Å². The van der Waals surface area contributed by atoms with Crippen molar-refractivity contribution in [2.75, 3.05) is 6.54 Å². The molecule has 9 nitrogen and oxygen atoms in total. The van der Waals surface area contributed by atoms with Gasteiger partial charge in [-0.05, 0) is 17.2 Å². The number of carbonyl (C=O) groups is 2. The molecule has 2 N–H and O–H groups in total. The Balaban J connectivity index is 1.85. The molecule has 1 aromatic carbocycles. The Bertz CT molecular complexity index is 729. The average molecular weight is 329 g/mol. The molecule has 2 aliphatic heterocycles. The largest absolute Gasteiger partial charge is 0.390 e. The second-order valence-corrected chi connectivity index (χ2v) is 5.42. The third-order valence-electron chi connectivity index (χ3n) is 3.85. The van der Waals surface area contributed by atoms with E-state index >= 15 is 0 Å². The van der Waals surface area contributed by atoms with Crippen molar-refractivity contribution in [3.63, 3.8) is 0 Å². The number of carbonyl (C=O) groups excluding carboxylic acids is 2. The van der Waals surface area contributed by atoms with Gasteiger partial charge in [0.2, 0.25) is 0 Å². The lowest BCUT2D eigenvalue weighted by Crippen LogP contribution is -2.37. The summed E-state index contributed by atoms with van der Waals surface area (Å²) in [4.78, 5) is 28.0. The first-order chi connectivity index (χ1) is 11.6. The van der Waals surface area contributed by atoms with E-state index in [1.54, 1.807) is 18.2 Å². The van der Waals surface area contributed by atoms with E-state index in [0.717, 1.165) is 5.56 Å². The van der Waals surface area contributed by atoms with Gasteiger partial charge in [-0.15, -0.1) is 0 Å². The molecule has 9 heteroatoms. The van der Waals surface area contributed by atoms with Gasteiger partial charge in [-0.2, -0.15) is 0 Å². The molecule has 0 saturated carbocycles. The Morgan fingerprint density at radius 2 is 2.17 bits per heavy atom. The Morgan fingerprint density at radius 3 is 2.88 bits per heavy atom. The SMILES string of the molecule is [N-]=[N+]=NC[C@H]1O[C@H](N2C(=O)NC(=O)/C2=C/c2ccccc2)C[C@@H]1O. The van der Waals surface area contributed by atoms with Crippen molar-refractivity contribution < 1.29 is 19.4 Å². The second-order valence-electron chi connectivity index (χ2n) is 5.42. The summed E-state index contributed by atoms with van der Waals surface area (Å²) in [7, 11) is 0. The van der Waals surface area contributed by atoms with Crippen LogP contribution in [0.4, 0.5) is 4.79 Å². The molecule has 3 rings (SSSR count). The summed E-state index contributed by atoms with van der Waals surface area (Å²) in [5.74, 6) is -0.527. The summed E-state index contributed by atoms with van der Waals surface area (Å²) in [6, 6.07) is 8.47. The Kier molecular flexibility index (Phi) is 4.48. The molecule has 0 aromatic heterocycles. The van der Waals surface area contributed by atoms with Crippen LogP contribution in [0.25, 0.3) is 16.5 Å². The van der Waals surface area contributed by atoms with E-state index < -0.39 is 30.4 Å². The average Bonchev–Trinajstić information content (AvgIpc) is 3.06. The van der Waals surface area contributed by atoms with Gasteiger partial charge < -0.3 is 9.84 Å². The number of azide groups is 1. The minimum absolute atomic E-state index is 0.0463. The van der Waals surface area contributed by atoms with Gasteiger partial charge in [0.25, 0.3) is 5.91 Å². The fraction of sp³-hybridized carbons (Fsp3) is 0.333. The zero-order valence-corrected chi connectivity index (χ0v) is 12.6. The number of hydrogen-bond acceptors (Lipinski definition) is 5. The second kappa shape index (κ2) is 6.71. The lowest BCUT2D eigenvalue weighted by atomic mass is 10.1. The quantitative estimate of drug-likeness (QED) is 0.284. The number of nitrogens with one attached hydrogen (secondary N) is 1. The van der Waals surface area contributed by atoms with Crippen LogP contribution in [0.3, 0.4) is 0 Å². The molecule has 1 aromatic rings. The number of hydrogen-bond donors (Lipinski definition) is 2. The predicted octanol–water partition coefficient (Wildman–Crippen LogP) is 1.37. The highest BCUT2D eigenvalue weighted by Crippen LogP contribution is 2.29. The van der Waals surface area contributed by atoms with Gasteiger partial charge in [-0.3, -0.25) is 15.0 Å². The van der Waals surface area contributed by atoms with Gasteiger partial charge in [0.05, 0.1) is 18.8 Å². The summed E-state index contributed by atoms with van der Waals surface area (Å²) in [5.41, 5.74) is 9.27. The van der Waals surface area contributed by atoms with Crippen molar-refractivity contribution >= 4 is 18.0 Å². The smallest absolute Gasteiger partial charge is 0.331 e. The maximum absolute atomic E-state index is 12.1. The van der Waals surface area contributed by atoms with Crippen LogP contribution in [0.5, 0.6) is 0 Å². The number of imide groups is 1. The first-order valence-corrected chi connectivity index (χ1v) is 7.36. The monoisotopic (exact) mass is 329 g/mol. The number of aliphatic hydroxyl groups is 1. The number of nitrogens with zero attached hydrogens (tertiary/aromatic N) is 4. The fourth-order valence-electron chi connectivity index (χ4n) is 2.72. The Morgan fingerprint density at radius 1 is 1.42 bits per heavy atom. The predicted molar refractivity (Wildman–Crippen MR) is 83.1 cm³/mol. The van der Waals surface area contributed by atoms with Crippen LogP contribution in [-0.4, -0.2) is 46.9 Å². The number of ether oxygens (including phenoxy) is 1. The van der Waals surface area contributed by atoms with E-state index in [1.807, 2.05) is 18.2 Å². The highest BCUT2D eigenvalue weighted by atomic mass is 16.5. The van der Waals surface area contributed by atoms with Crippen LogP contribution in [0, 0.1) is 0 Å². The van der Waals surface area contributed by atoms with E-state index in [9.17, 15) is 14.7 Å². The highest BCUT2D eigenvalue weighted by Gasteiger charge is 2.44. The molecule has 2 saturated heterocycles. The van der Waals surface area contributed by atoms with E-state index in [2.05, 4.69) is 15.3 Å². The van der Waals surface area contributed by atoms with E-state index in [4.69, 9.17) is 10.3 Å². The molecular weight excluding hydrogens is 314 g/mol. The van der Waals surface area contributed by atoms with E-state index in [0.29, 0.717) is 0 Å². The third kappa shape index (κ3) is 3.09. The van der Waals surface area contributed by atoms with Crippen molar-refractivity contribution in [3.05, 3.63) is 52.0 Å². The minimum atomic E-state index is -0.887. The van der Waals surface area contributed by atoms with Crippen LogP contribution in [0.1, 0.15) is 12.0 Å². The van der Waals surface area contributed by atoms with Crippen molar-refractivity contribution in [2.45, 2.75) is 24.9 Å². The fourth-order valence-corrected chi connectivity index (χ4v) is 2.72. The van der Waals surface area contributed by atoms with Gasteiger partial charge in [0.15, 0.2) is 0 Å². The lowest BCUT2D eigenvalue weighted by Gasteiger charge is -2.22. The molecule has 0 spiro atoms. The highest BCUT2D eigenvalue weighted by molar-refractivity contribution is 6.14. The number of rotatable bonds is 4. The number of amides is 3. The van der Waals surface area contributed by atoms with Crippen LogP contribution in [0.2, 0.25) is 0 Å². The molecule has 2 aliphatic rings. The van der Waals surface area contributed by atoms with Crippen LogP contribution in [-0.2, 0) is 9.53 Å². The number of aliphatic hydroxyl groups excluding tert-OH is 1. The number of urea groups is 1. The third-order valence-corrected chi connectivity index (χ3v) is 3.85. The van der Waals surface area contributed by atoms with E-state index in [1.165, 1.54) is 4.90 Å². The topological polar surface area (TPSA) is 128 Å². The molecular formula is C15H15N5O4. The molecule has 124 valence electrons. The molecule has 0 aliphatic carbocycles. The van der Waals surface area contributed by atoms with Gasteiger partial charge in [-0.25, -0.2) is 4.79 Å². The molecule has 2 fully saturated rings. The van der Waals surface area contributed by atoms with Crippen LogP contribution >= 0.6 is 0 Å². The lowest BCUT2D eigenvalue weighted by molar-refractivity contribution is -0.116. The van der Waals surface area contributed by atoms with Gasteiger partial charge in [0, 0.05) is 11.3 Å². The van der Waals surface area contributed by atoms with Gasteiger partial charge in [-0.1, -0.05) is 35.4 Å². The zero-order valence-electron chi connectivity index (χ0n) is 12.6. The standard InChI is InChI=1S/C15H15N5O4/c16-19-17-8-12-11(21)7-13(24-12)20-10(14(22)18-15(20)23)6-9-4-2-1-3-5-9/h1-6,11-13,21H,7-8H2,(H,18,22,23)/b10-6-/t11-,12+,13-/m0/s1. The zero-order chi connectivity index (χ0) is 17.1. The van der Waals surface area contributed by atoms with Crippen molar-refractivity contribution in [1.82, 2.24) is 10.2 Å². The summed E-state index contributed by atoms with van der Waals surface area (Å²) in [5, 5.41) is 15.6. The maximum atomic E-state index is 12.1. The molecule has 2 heterocycles. The van der Waals surface area contributed by atoms with Gasteiger partial charge in [0.1, 0.15) is 11.9 Å². The Labute approximate surface area is 137 Å². The summed E-state index contributed by atoms with van der Waals surface area (Å²) < 4.78 is 5.60. The summed E-state index contributed by atoms with van der Waals surface area (Å²) >= 11 is 0. The molecule has 24 heavy (non-hydrogen) atoms. The number of benzene rings is 1. The van der Waals surface area contributed by atoms with Crippen molar-refractivity contribution in [3.8, 4) is 0 Å². The summed E-state index contributed by atoms with van der Waals surface area (Å²) in [6.07, 6.45) is -0.704. The normalized spacial score (nSPS) is 28.1. The van der Waals surface area contributed by atoms with Gasteiger partial charge >= 0.3 is 6.03 Å². The molecule has 3 atom stereocenters. The molecule has 0 radical (unpaired) electrons. The molecule has 0 unspecified atom stereocenters. The Hall–Kier alpha value is -2.87. The minimum Gasteiger partial charge on any atom is -0.390 e. The van der Waals surface area contributed by atoms with Crippen molar-refractivity contribution in [1.29, 1.82) is 0 Å². The first kappa shape index (κ1) is 16.0. The van der Waals surface area contributed by atoms with Crippen LogP contribution in [0.15, 0.2) is 41.1 Å². The summed E-state index contributed by atoms with van der Waals surface area (Å²) in [6.45, 7) is -0.0463. The van der Waals surface area contributed by atoms with Crippen LogP contribution < -0.4 is 5.32 Å². The van der Waals surface area contributed by atoms with Crippen molar-refractivity contribution in [2.24, 2.45) is 5.11 Å². The maximum Gasteiger partial charge on any atom is 0.331 e. The molecule has 0 bridgehead atoms.